The summed E-state index contributed by atoms with van der Waals surface area (Å²) in [5, 5.41) is 9.84. The molecule has 0 unspecified atom stereocenters. The van der Waals surface area contributed by atoms with E-state index in [2.05, 4.69) is 4.90 Å². The monoisotopic (exact) mass is 272 g/mol. The molecule has 19 heavy (non-hydrogen) atoms. The Labute approximate surface area is 116 Å². The number of amides is 1. The fourth-order valence-corrected chi connectivity index (χ4v) is 2.32. The van der Waals surface area contributed by atoms with Crippen molar-refractivity contribution in [3.8, 4) is 0 Å². The highest BCUT2D eigenvalue weighted by Gasteiger charge is 2.32. The van der Waals surface area contributed by atoms with Crippen LogP contribution in [-0.2, 0) is 4.74 Å². The van der Waals surface area contributed by atoms with E-state index in [1.165, 1.54) is 0 Å². The van der Waals surface area contributed by atoms with Crippen molar-refractivity contribution in [2.75, 3.05) is 26.2 Å². The molecule has 0 aromatic heterocycles. The smallest absolute Gasteiger partial charge is 0.410 e. The molecule has 5 heteroatoms. The van der Waals surface area contributed by atoms with Crippen LogP contribution >= 0.6 is 0 Å². The van der Waals surface area contributed by atoms with Crippen LogP contribution in [0, 0.1) is 0 Å². The van der Waals surface area contributed by atoms with Gasteiger partial charge in [-0.3, -0.25) is 4.90 Å². The summed E-state index contributed by atoms with van der Waals surface area (Å²) in [7, 11) is 0. The topological polar surface area (TPSA) is 53.0 Å². The molecule has 0 saturated carbocycles. The van der Waals surface area contributed by atoms with Crippen LogP contribution in [0.15, 0.2) is 0 Å². The Hall–Kier alpha value is -0.810. The van der Waals surface area contributed by atoms with Gasteiger partial charge >= 0.3 is 6.09 Å². The van der Waals surface area contributed by atoms with E-state index >= 15 is 0 Å². The largest absolute Gasteiger partial charge is 0.444 e. The van der Waals surface area contributed by atoms with Crippen molar-refractivity contribution in [3.05, 3.63) is 0 Å². The summed E-state index contributed by atoms with van der Waals surface area (Å²) in [6.07, 6.45) is -0.247. The lowest BCUT2D eigenvalue weighted by atomic mass is 10.1. The molecule has 1 saturated heterocycles. The maximum Gasteiger partial charge on any atom is 0.410 e. The van der Waals surface area contributed by atoms with Crippen molar-refractivity contribution in [1.29, 1.82) is 0 Å². The standard InChI is InChI=1S/C14H28N2O3/c1-11-9-15(10-14(5,6)18)7-8-16(11)12(17)19-13(2,3)4/h11,18H,7-10H2,1-6H3/t11-/m1/s1. The maximum atomic E-state index is 12.1. The van der Waals surface area contributed by atoms with Gasteiger partial charge in [0.15, 0.2) is 0 Å². The van der Waals surface area contributed by atoms with Crippen molar-refractivity contribution >= 4 is 6.09 Å². The molecule has 1 fully saturated rings. The third-order valence-corrected chi connectivity index (χ3v) is 2.95. The van der Waals surface area contributed by atoms with Gasteiger partial charge in [-0.05, 0) is 41.5 Å². The van der Waals surface area contributed by atoms with E-state index in [4.69, 9.17) is 4.74 Å². The minimum Gasteiger partial charge on any atom is -0.444 e. The van der Waals surface area contributed by atoms with E-state index in [-0.39, 0.29) is 12.1 Å². The fraction of sp³-hybridized carbons (Fsp3) is 0.929. The zero-order valence-corrected chi connectivity index (χ0v) is 13.1. The number of hydrogen-bond donors (Lipinski definition) is 1. The van der Waals surface area contributed by atoms with Gasteiger partial charge in [0.25, 0.3) is 0 Å². The molecular formula is C14H28N2O3. The molecule has 0 spiro atoms. The Morgan fingerprint density at radius 2 is 1.84 bits per heavy atom. The summed E-state index contributed by atoms with van der Waals surface area (Å²) < 4.78 is 5.40. The number of ether oxygens (including phenoxy) is 1. The van der Waals surface area contributed by atoms with Crippen LogP contribution in [0.3, 0.4) is 0 Å². The Morgan fingerprint density at radius 3 is 2.26 bits per heavy atom. The molecule has 0 aliphatic carbocycles. The summed E-state index contributed by atoms with van der Waals surface area (Å²) in [6, 6.07) is 0.103. The number of carbonyl (C=O) groups excluding carboxylic acids is 1. The number of nitrogens with zero attached hydrogens (tertiary/aromatic N) is 2. The second kappa shape index (κ2) is 5.67. The zero-order valence-electron chi connectivity index (χ0n) is 13.1. The molecule has 0 aromatic rings. The lowest BCUT2D eigenvalue weighted by Crippen LogP contribution is -2.56. The van der Waals surface area contributed by atoms with Gasteiger partial charge < -0.3 is 14.7 Å². The first-order valence-corrected chi connectivity index (χ1v) is 6.92. The molecule has 1 N–H and O–H groups in total. The number of piperazine rings is 1. The molecule has 1 amide bonds. The SMILES string of the molecule is C[C@@H]1CN(CC(C)(C)O)CCN1C(=O)OC(C)(C)C. The molecule has 1 rings (SSSR count). The van der Waals surface area contributed by atoms with Crippen LogP contribution in [0.2, 0.25) is 0 Å². The first-order chi connectivity index (χ1) is 8.48. The Morgan fingerprint density at radius 1 is 1.26 bits per heavy atom. The lowest BCUT2D eigenvalue weighted by Gasteiger charge is -2.41. The van der Waals surface area contributed by atoms with Crippen LogP contribution < -0.4 is 0 Å². The second-order valence-electron chi connectivity index (χ2n) is 7.07. The van der Waals surface area contributed by atoms with E-state index in [0.717, 1.165) is 13.1 Å². The molecular weight excluding hydrogens is 244 g/mol. The quantitative estimate of drug-likeness (QED) is 0.831. The highest BCUT2D eigenvalue weighted by Crippen LogP contribution is 2.17. The Bertz CT molecular complexity index is 318. The van der Waals surface area contributed by atoms with Gasteiger partial charge in [-0.25, -0.2) is 4.79 Å². The lowest BCUT2D eigenvalue weighted by molar-refractivity contribution is -0.0158. The zero-order chi connectivity index (χ0) is 14.8. The summed E-state index contributed by atoms with van der Waals surface area (Å²) in [6.45, 7) is 14.1. The summed E-state index contributed by atoms with van der Waals surface area (Å²) in [5.41, 5.74) is -1.16. The van der Waals surface area contributed by atoms with Crippen molar-refractivity contribution in [1.82, 2.24) is 9.80 Å². The molecule has 0 radical (unpaired) electrons. The predicted molar refractivity (Wildman–Crippen MR) is 75.1 cm³/mol. The normalized spacial score (nSPS) is 22.5. The van der Waals surface area contributed by atoms with Gasteiger partial charge in [0.1, 0.15) is 5.60 Å². The fourth-order valence-electron chi connectivity index (χ4n) is 2.32. The number of β-amino-alcohol motifs (C(OH)–C–C–N with tert-alkyl or cyclic N) is 1. The minimum absolute atomic E-state index is 0.103. The number of aliphatic hydroxyl groups is 1. The maximum absolute atomic E-state index is 12.1. The predicted octanol–water partition coefficient (Wildman–Crippen LogP) is 1.70. The van der Waals surface area contributed by atoms with Gasteiger partial charge in [0.05, 0.1) is 5.60 Å². The molecule has 0 bridgehead atoms. The van der Waals surface area contributed by atoms with Crippen LogP contribution in [0.5, 0.6) is 0 Å². The van der Waals surface area contributed by atoms with Crippen molar-refractivity contribution in [2.24, 2.45) is 0 Å². The van der Waals surface area contributed by atoms with Gasteiger partial charge in [-0.1, -0.05) is 0 Å². The Kier molecular flexibility index (Phi) is 4.85. The van der Waals surface area contributed by atoms with Gasteiger partial charge in [0, 0.05) is 32.2 Å². The molecule has 112 valence electrons. The third kappa shape index (κ3) is 5.78. The first kappa shape index (κ1) is 16.2. The van der Waals surface area contributed by atoms with Crippen LogP contribution in [0.4, 0.5) is 4.79 Å². The van der Waals surface area contributed by atoms with E-state index < -0.39 is 11.2 Å². The average Bonchev–Trinajstić information content (AvgIpc) is 2.11. The molecule has 1 aliphatic rings. The van der Waals surface area contributed by atoms with Crippen molar-refractivity contribution in [3.63, 3.8) is 0 Å². The number of rotatable bonds is 2. The molecule has 5 nitrogen and oxygen atoms in total. The van der Waals surface area contributed by atoms with E-state index in [1.807, 2.05) is 27.7 Å². The van der Waals surface area contributed by atoms with E-state index in [1.54, 1.807) is 18.7 Å². The number of hydrogen-bond acceptors (Lipinski definition) is 4. The highest BCUT2D eigenvalue weighted by atomic mass is 16.6. The summed E-state index contributed by atoms with van der Waals surface area (Å²) in [5.74, 6) is 0. The van der Waals surface area contributed by atoms with Crippen molar-refractivity contribution < 1.29 is 14.6 Å². The van der Waals surface area contributed by atoms with Gasteiger partial charge in [-0.2, -0.15) is 0 Å². The minimum atomic E-state index is -0.701. The summed E-state index contributed by atoms with van der Waals surface area (Å²) in [4.78, 5) is 16.0. The Balaban J connectivity index is 2.53. The van der Waals surface area contributed by atoms with Crippen LogP contribution in [0.1, 0.15) is 41.5 Å². The first-order valence-electron chi connectivity index (χ1n) is 6.92. The number of carbonyl (C=O) groups is 1. The summed E-state index contributed by atoms with van der Waals surface area (Å²) >= 11 is 0. The van der Waals surface area contributed by atoms with Crippen LogP contribution in [0.25, 0.3) is 0 Å². The molecule has 1 atom stereocenters. The van der Waals surface area contributed by atoms with Crippen LogP contribution in [-0.4, -0.2) is 64.4 Å². The van der Waals surface area contributed by atoms with E-state index in [0.29, 0.717) is 13.1 Å². The van der Waals surface area contributed by atoms with E-state index in [9.17, 15) is 9.90 Å². The molecule has 1 aliphatic heterocycles. The molecule has 0 aromatic carbocycles. The highest BCUT2D eigenvalue weighted by molar-refractivity contribution is 5.68. The van der Waals surface area contributed by atoms with Gasteiger partial charge in [-0.15, -0.1) is 0 Å². The van der Waals surface area contributed by atoms with Crippen molar-refractivity contribution in [2.45, 2.75) is 58.8 Å². The third-order valence-electron chi connectivity index (χ3n) is 2.95. The van der Waals surface area contributed by atoms with Gasteiger partial charge in [0.2, 0.25) is 0 Å². The second-order valence-corrected chi connectivity index (χ2v) is 7.07. The molecule has 1 heterocycles. The average molecular weight is 272 g/mol.